The molecular weight excluding hydrogens is 388 g/mol. The van der Waals surface area contributed by atoms with Crippen LogP contribution in [0.15, 0.2) is 54.7 Å². The smallest absolute Gasteiger partial charge is 0.136 e. The van der Waals surface area contributed by atoms with Crippen molar-refractivity contribution in [2.75, 3.05) is 20.8 Å². The average Bonchev–Trinajstić information content (AvgIpc) is 2.72. The van der Waals surface area contributed by atoms with Crippen molar-refractivity contribution < 1.29 is 18.8 Å². The molecule has 0 aliphatic carbocycles. The van der Waals surface area contributed by atoms with Gasteiger partial charge in [0.15, 0.2) is 0 Å². The Bertz CT molecular complexity index is 697. The number of ether oxygens (including phenoxy) is 3. The van der Waals surface area contributed by atoms with Crippen molar-refractivity contribution in [3.05, 3.63) is 66.0 Å². The zero-order chi connectivity index (χ0) is 21.3. The molecular formula is C22H32N2O4S. The zero-order valence-electron chi connectivity index (χ0n) is 17.8. The fourth-order valence-corrected chi connectivity index (χ4v) is 3.69. The second-order valence-corrected chi connectivity index (χ2v) is 9.71. The molecule has 2 aromatic rings. The molecule has 0 spiro atoms. The van der Waals surface area contributed by atoms with E-state index in [4.69, 9.17) is 14.2 Å². The van der Waals surface area contributed by atoms with E-state index < -0.39 is 34.4 Å². The van der Waals surface area contributed by atoms with Gasteiger partial charge in [-0.1, -0.05) is 36.4 Å². The minimum Gasteiger partial charge on any atom is -0.598 e. The molecule has 0 saturated heterocycles. The van der Waals surface area contributed by atoms with E-state index in [1.807, 2.05) is 69.3 Å². The van der Waals surface area contributed by atoms with Crippen molar-refractivity contribution in [2.24, 2.45) is 0 Å². The molecule has 0 bridgehead atoms. The highest BCUT2D eigenvalue weighted by Gasteiger charge is 2.39. The van der Waals surface area contributed by atoms with Crippen molar-refractivity contribution in [3.8, 4) is 0 Å². The first kappa shape index (κ1) is 23.8. The summed E-state index contributed by atoms with van der Waals surface area (Å²) >= 11 is -1.32. The first-order chi connectivity index (χ1) is 13.9. The average molecular weight is 421 g/mol. The van der Waals surface area contributed by atoms with E-state index in [9.17, 15) is 4.55 Å². The molecule has 0 aliphatic heterocycles. The van der Waals surface area contributed by atoms with Crippen LogP contribution in [-0.4, -0.2) is 47.3 Å². The van der Waals surface area contributed by atoms with Crippen LogP contribution in [0.2, 0.25) is 0 Å². The number of methoxy groups -OCH3 is 2. The minimum atomic E-state index is -1.32. The predicted octanol–water partition coefficient (Wildman–Crippen LogP) is 3.42. The fraction of sp³-hybridized carbons (Fsp3) is 0.500. The van der Waals surface area contributed by atoms with Gasteiger partial charge in [-0.25, -0.2) is 0 Å². The molecule has 29 heavy (non-hydrogen) atoms. The Morgan fingerprint density at radius 2 is 1.72 bits per heavy atom. The quantitative estimate of drug-likeness (QED) is 0.562. The Morgan fingerprint density at radius 3 is 2.28 bits per heavy atom. The molecule has 0 radical (unpaired) electrons. The molecule has 1 N–H and O–H groups in total. The summed E-state index contributed by atoms with van der Waals surface area (Å²) in [6, 6.07) is 15.2. The van der Waals surface area contributed by atoms with Crippen molar-refractivity contribution >= 4 is 11.4 Å². The van der Waals surface area contributed by atoms with Crippen molar-refractivity contribution in [3.63, 3.8) is 0 Å². The van der Waals surface area contributed by atoms with Crippen LogP contribution in [-0.2, 0) is 32.2 Å². The Balaban J connectivity index is 2.18. The summed E-state index contributed by atoms with van der Waals surface area (Å²) in [5.74, 6) is 0. The molecule has 1 heterocycles. The standard InChI is InChI=1S/C22H32N2O4S/c1-22(2,3)29(25)24-20(21(27-5)18-13-9-10-14-23-18)19(26-4)16-28-15-17-11-7-6-8-12-17/h6-14,19-21,24H,15-16H2,1-5H3/t19?,20?,21?,29-/m1/s1. The van der Waals surface area contributed by atoms with E-state index in [2.05, 4.69) is 9.71 Å². The molecule has 0 saturated carbocycles. The van der Waals surface area contributed by atoms with Crippen LogP contribution < -0.4 is 4.72 Å². The summed E-state index contributed by atoms with van der Waals surface area (Å²) in [6.07, 6.45) is 0.872. The first-order valence-electron chi connectivity index (χ1n) is 9.63. The molecule has 7 heteroatoms. The van der Waals surface area contributed by atoms with E-state index in [0.717, 1.165) is 11.3 Å². The number of hydrogen-bond acceptors (Lipinski definition) is 6. The molecule has 0 fully saturated rings. The fourth-order valence-electron chi connectivity index (χ4n) is 2.81. The van der Waals surface area contributed by atoms with Gasteiger partial charge in [0.25, 0.3) is 0 Å². The Hall–Kier alpha value is -1.48. The van der Waals surface area contributed by atoms with E-state index in [1.165, 1.54) is 0 Å². The maximum absolute atomic E-state index is 12.9. The number of benzene rings is 1. The Kier molecular flexibility index (Phi) is 9.55. The van der Waals surface area contributed by atoms with Crippen molar-refractivity contribution in [2.45, 2.75) is 50.4 Å². The van der Waals surface area contributed by atoms with Crippen LogP contribution >= 0.6 is 0 Å². The summed E-state index contributed by atoms with van der Waals surface area (Å²) < 4.78 is 33.1. The maximum Gasteiger partial charge on any atom is 0.136 e. The van der Waals surface area contributed by atoms with Crippen LogP contribution in [0.5, 0.6) is 0 Å². The minimum absolute atomic E-state index is 0.317. The van der Waals surface area contributed by atoms with Crippen molar-refractivity contribution in [1.29, 1.82) is 0 Å². The highest BCUT2D eigenvalue weighted by atomic mass is 32.2. The van der Waals surface area contributed by atoms with Gasteiger partial charge in [0.2, 0.25) is 0 Å². The predicted molar refractivity (Wildman–Crippen MR) is 116 cm³/mol. The van der Waals surface area contributed by atoms with Gasteiger partial charge in [0.1, 0.15) is 23.0 Å². The number of hydrogen-bond donors (Lipinski definition) is 1. The third kappa shape index (κ3) is 7.37. The third-order valence-corrected chi connectivity index (χ3v) is 6.05. The topological polar surface area (TPSA) is 75.7 Å². The Labute approximate surface area is 177 Å². The van der Waals surface area contributed by atoms with Gasteiger partial charge in [-0.3, -0.25) is 4.98 Å². The summed E-state index contributed by atoms with van der Waals surface area (Å²) in [5.41, 5.74) is 1.82. The second kappa shape index (κ2) is 11.6. The molecule has 0 amide bonds. The number of aromatic nitrogens is 1. The van der Waals surface area contributed by atoms with Gasteiger partial charge in [-0.2, -0.15) is 0 Å². The lowest BCUT2D eigenvalue weighted by molar-refractivity contribution is -0.0510. The monoisotopic (exact) mass is 420 g/mol. The molecule has 6 nitrogen and oxygen atoms in total. The summed E-state index contributed by atoms with van der Waals surface area (Å²) in [4.78, 5) is 4.42. The number of nitrogens with one attached hydrogen (secondary N) is 1. The summed E-state index contributed by atoms with van der Waals surface area (Å²) in [6.45, 7) is 6.55. The largest absolute Gasteiger partial charge is 0.598 e. The lowest BCUT2D eigenvalue weighted by Crippen LogP contribution is -2.54. The number of rotatable bonds is 11. The highest BCUT2D eigenvalue weighted by molar-refractivity contribution is 7.90. The lowest BCUT2D eigenvalue weighted by atomic mass is 10.0. The van der Waals surface area contributed by atoms with Crippen molar-refractivity contribution in [1.82, 2.24) is 9.71 Å². The highest BCUT2D eigenvalue weighted by Crippen LogP contribution is 2.25. The third-order valence-electron chi connectivity index (χ3n) is 4.46. The van der Waals surface area contributed by atoms with Crippen LogP contribution in [0.1, 0.15) is 38.1 Å². The van der Waals surface area contributed by atoms with Gasteiger partial charge < -0.3 is 18.8 Å². The number of pyridine rings is 1. The second-order valence-electron chi connectivity index (χ2n) is 7.71. The summed E-state index contributed by atoms with van der Waals surface area (Å²) in [5, 5.41) is 0. The first-order valence-corrected chi connectivity index (χ1v) is 10.8. The lowest BCUT2D eigenvalue weighted by Gasteiger charge is -2.35. The molecule has 3 unspecified atom stereocenters. The zero-order valence-corrected chi connectivity index (χ0v) is 18.6. The van der Waals surface area contributed by atoms with Crippen LogP contribution in [0.3, 0.4) is 0 Å². The molecule has 1 aromatic heterocycles. The molecule has 0 aliphatic rings. The van der Waals surface area contributed by atoms with E-state index in [0.29, 0.717) is 13.2 Å². The SMILES string of the molecule is COC(COCc1ccccc1)C(N[S@+]([O-])C(C)(C)C)C(OC)c1ccccn1. The molecule has 160 valence electrons. The summed E-state index contributed by atoms with van der Waals surface area (Å²) in [7, 11) is 3.24. The Morgan fingerprint density at radius 1 is 1.03 bits per heavy atom. The van der Waals surface area contributed by atoms with Gasteiger partial charge in [0.05, 0.1) is 18.9 Å². The van der Waals surface area contributed by atoms with Crippen LogP contribution in [0, 0.1) is 0 Å². The van der Waals surface area contributed by atoms with Gasteiger partial charge in [-0.05, 0) is 38.5 Å². The van der Waals surface area contributed by atoms with E-state index in [-0.39, 0.29) is 0 Å². The van der Waals surface area contributed by atoms with E-state index >= 15 is 0 Å². The normalized spacial score (nSPS) is 16.2. The van der Waals surface area contributed by atoms with Gasteiger partial charge in [-0.15, -0.1) is 4.72 Å². The number of nitrogens with zero attached hydrogens (tertiary/aromatic N) is 1. The van der Waals surface area contributed by atoms with Crippen LogP contribution in [0.4, 0.5) is 0 Å². The molecule has 1 aromatic carbocycles. The molecule has 2 rings (SSSR count). The van der Waals surface area contributed by atoms with Gasteiger partial charge >= 0.3 is 0 Å². The van der Waals surface area contributed by atoms with Crippen LogP contribution in [0.25, 0.3) is 0 Å². The maximum atomic E-state index is 12.9. The van der Waals surface area contributed by atoms with Gasteiger partial charge in [0, 0.05) is 31.8 Å². The molecule has 4 atom stereocenters. The van der Waals surface area contributed by atoms with E-state index in [1.54, 1.807) is 20.4 Å².